The molecule has 0 saturated heterocycles. The molecule has 0 aliphatic carbocycles. The second-order valence-corrected chi connectivity index (χ2v) is 11.6. The Morgan fingerprint density at radius 2 is 0.878 bits per heavy atom. The van der Waals surface area contributed by atoms with E-state index in [1.54, 1.807) is 0 Å². The normalized spacial score (nSPS) is 11.3. The first-order valence-electron chi connectivity index (χ1n) is 16.0. The van der Waals surface area contributed by atoms with Crippen molar-refractivity contribution in [3.63, 3.8) is 0 Å². The summed E-state index contributed by atoms with van der Waals surface area (Å²) in [6, 6.07) is 54.6. The maximum absolute atomic E-state index is 4.60. The van der Waals surface area contributed by atoms with Gasteiger partial charge in [-0.1, -0.05) is 84.9 Å². The summed E-state index contributed by atoms with van der Waals surface area (Å²) in [4.78, 5) is 15.1. The molecule has 232 valence electrons. The number of aromatic nitrogens is 7. The van der Waals surface area contributed by atoms with Crippen molar-refractivity contribution in [3.8, 4) is 34.4 Å². The highest BCUT2D eigenvalue weighted by atomic mass is 15.3. The highest BCUT2D eigenvalue weighted by Crippen LogP contribution is 2.38. The number of hydrogen-bond acceptors (Lipinski definition) is 6. The molecule has 0 radical (unpaired) electrons. The van der Waals surface area contributed by atoms with E-state index < -0.39 is 0 Å². The summed E-state index contributed by atoms with van der Waals surface area (Å²) in [6.07, 6.45) is 2.96. The van der Waals surface area contributed by atoms with Gasteiger partial charge < -0.3 is 9.47 Å². The lowest BCUT2D eigenvalue weighted by molar-refractivity contribution is 0.902. The van der Waals surface area contributed by atoms with Crippen molar-refractivity contribution in [3.05, 3.63) is 170 Å². The second kappa shape index (κ2) is 12.0. The van der Waals surface area contributed by atoms with Gasteiger partial charge in [-0.25, -0.2) is 19.5 Å². The first-order valence-corrected chi connectivity index (χ1v) is 16.0. The Balaban J connectivity index is 1.12. The molecule has 0 spiro atoms. The van der Waals surface area contributed by atoms with E-state index in [9.17, 15) is 0 Å². The Hall–Kier alpha value is -6.93. The zero-order valence-electron chi connectivity index (χ0n) is 26.2. The Morgan fingerprint density at radius 3 is 1.47 bits per heavy atom. The van der Waals surface area contributed by atoms with Gasteiger partial charge >= 0.3 is 0 Å². The minimum Gasteiger partial charge on any atom is -0.311 e. The van der Waals surface area contributed by atoms with E-state index in [0.29, 0.717) is 17.6 Å². The van der Waals surface area contributed by atoms with Gasteiger partial charge in [-0.3, -0.25) is 0 Å². The zero-order chi connectivity index (χ0) is 32.6. The molecule has 3 heterocycles. The Bertz CT molecular complexity index is 2470. The molecular formula is C41H28N8. The van der Waals surface area contributed by atoms with Gasteiger partial charge in [0.1, 0.15) is 12.7 Å². The van der Waals surface area contributed by atoms with Crippen molar-refractivity contribution in [1.82, 2.24) is 34.3 Å². The van der Waals surface area contributed by atoms with Crippen LogP contribution in [0.3, 0.4) is 0 Å². The topological polar surface area (TPSA) is 77.5 Å². The summed E-state index contributed by atoms with van der Waals surface area (Å²) in [7, 11) is 0. The molecule has 9 aromatic rings. The SMILES string of the molecule is c1ccc(-c2nnc(-c3ccc(N(c4ccccc4)c4ccc(-n5c6ccccc6c6ccccc65)cc4)cc3)n2-c2ncncn2)cc1. The molecule has 0 atom stereocenters. The minimum atomic E-state index is 0.451. The second-order valence-electron chi connectivity index (χ2n) is 11.6. The van der Waals surface area contributed by atoms with Gasteiger partial charge in [-0.2, -0.15) is 0 Å². The molecule has 0 unspecified atom stereocenters. The van der Waals surface area contributed by atoms with Gasteiger partial charge in [-0.05, 0) is 72.8 Å². The van der Waals surface area contributed by atoms with E-state index in [0.717, 1.165) is 33.9 Å². The molecule has 8 heteroatoms. The van der Waals surface area contributed by atoms with E-state index in [1.165, 1.54) is 34.5 Å². The molecule has 9 rings (SSSR count). The molecule has 0 saturated carbocycles. The minimum absolute atomic E-state index is 0.451. The van der Waals surface area contributed by atoms with Crippen LogP contribution in [-0.2, 0) is 0 Å². The predicted octanol–water partition coefficient (Wildman–Crippen LogP) is 9.35. The van der Waals surface area contributed by atoms with Crippen molar-refractivity contribution in [1.29, 1.82) is 0 Å². The lowest BCUT2D eigenvalue weighted by Crippen LogP contribution is -2.10. The zero-order valence-corrected chi connectivity index (χ0v) is 26.2. The van der Waals surface area contributed by atoms with Crippen LogP contribution in [0.1, 0.15) is 0 Å². The molecule has 6 aromatic carbocycles. The van der Waals surface area contributed by atoms with E-state index in [2.05, 4.69) is 156 Å². The van der Waals surface area contributed by atoms with E-state index >= 15 is 0 Å². The van der Waals surface area contributed by atoms with Crippen LogP contribution in [0.4, 0.5) is 17.1 Å². The number of hydrogen-bond donors (Lipinski definition) is 0. The summed E-state index contributed by atoms with van der Waals surface area (Å²) < 4.78 is 4.21. The van der Waals surface area contributed by atoms with Crippen molar-refractivity contribution in [2.24, 2.45) is 0 Å². The standard InChI is InChI=1S/C41H28N8/c1-3-11-29(12-4-1)39-45-46-40(49(39)41-43-27-42-28-44-41)30-19-21-32(22-20-30)47(31-13-5-2-6-14-31)33-23-25-34(26-24-33)48-37-17-9-7-15-35(37)36-16-8-10-18-38(36)48/h1-28H. The van der Waals surface area contributed by atoms with Crippen LogP contribution < -0.4 is 4.90 Å². The summed E-state index contributed by atoms with van der Waals surface area (Å²) in [6.45, 7) is 0. The van der Waals surface area contributed by atoms with E-state index in [4.69, 9.17) is 0 Å². The van der Waals surface area contributed by atoms with Gasteiger partial charge in [0.15, 0.2) is 11.6 Å². The number of anilines is 3. The molecule has 3 aromatic heterocycles. The lowest BCUT2D eigenvalue weighted by atomic mass is 10.1. The molecular weight excluding hydrogens is 605 g/mol. The third kappa shape index (κ3) is 4.99. The van der Waals surface area contributed by atoms with Gasteiger partial charge in [0.25, 0.3) is 0 Å². The summed E-state index contributed by atoms with van der Waals surface area (Å²) in [5, 5.41) is 11.7. The number of rotatable bonds is 7. The molecule has 0 aliphatic heterocycles. The third-order valence-electron chi connectivity index (χ3n) is 8.72. The number of benzene rings is 6. The largest absolute Gasteiger partial charge is 0.311 e. The molecule has 0 aliphatic rings. The summed E-state index contributed by atoms with van der Waals surface area (Å²) in [5.74, 6) is 1.74. The smallest absolute Gasteiger partial charge is 0.240 e. The average Bonchev–Trinajstić information content (AvgIpc) is 3.77. The Kier molecular flexibility index (Phi) is 6.94. The fourth-order valence-electron chi connectivity index (χ4n) is 6.52. The maximum atomic E-state index is 4.60. The van der Waals surface area contributed by atoms with E-state index in [1.807, 2.05) is 41.0 Å². The van der Waals surface area contributed by atoms with Gasteiger partial charge in [0.2, 0.25) is 5.95 Å². The van der Waals surface area contributed by atoms with Gasteiger partial charge in [-0.15, -0.1) is 10.2 Å². The summed E-state index contributed by atoms with van der Waals surface area (Å²) >= 11 is 0. The van der Waals surface area contributed by atoms with Crippen LogP contribution in [-0.4, -0.2) is 34.3 Å². The summed E-state index contributed by atoms with van der Waals surface area (Å²) in [5.41, 5.74) is 8.39. The Morgan fingerprint density at radius 1 is 0.408 bits per heavy atom. The van der Waals surface area contributed by atoms with Crippen LogP contribution in [0.25, 0.3) is 56.2 Å². The highest BCUT2D eigenvalue weighted by molar-refractivity contribution is 6.09. The van der Waals surface area contributed by atoms with Crippen molar-refractivity contribution in [2.45, 2.75) is 0 Å². The number of para-hydroxylation sites is 3. The third-order valence-corrected chi connectivity index (χ3v) is 8.72. The molecule has 0 amide bonds. The lowest BCUT2D eigenvalue weighted by Gasteiger charge is -2.26. The molecule has 49 heavy (non-hydrogen) atoms. The molecule has 0 bridgehead atoms. The van der Waals surface area contributed by atoms with Crippen LogP contribution >= 0.6 is 0 Å². The van der Waals surface area contributed by atoms with Crippen LogP contribution in [0, 0.1) is 0 Å². The molecule has 0 N–H and O–H groups in total. The van der Waals surface area contributed by atoms with E-state index in [-0.39, 0.29) is 0 Å². The van der Waals surface area contributed by atoms with Gasteiger partial charge in [0, 0.05) is 44.6 Å². The number of fused-ring (bicyclic) bond motifs is 3. The first kappa shape index (κ1) is 28.3. The van der Waals surface area contributed by atoms with Crippen molar-refractivity contribution in [2.75, 3.05) is 4.90 Å². The Labute approximate surface area is 282 Å². The van der Waals surface area contributed by atoms with Gasteiger partial charge in [0.05, 0.1) is 11.0 Å². The van der Waals surface area contributed by atoms with Crippen LogP contribution in [0.5, 0.6) is 0 Å². The number of nitrogens with zero attached hydrogens (tertiary/aromatic N) is 8. The quantitative estimate of drug-likeness (QED) is 0.174. The monoisotopic (exact) mass is 632 g/mol. The predicted molar refractivity (Wildman–Crippen MR) is 195 cm³/mol. The fourth-order valence-corrected chi connectivity index (χ4v) is 6.52. The molecule has 8 nitrogen and oxygen atoms in total. The average molecular weight is 633 g/mol. The van der Waals surface area contributed by atoms with Crippen LogP contribution in [0.2, 0.25) is 0 Å². The fraction of sp³-hybridized carbons (Fsp3) is 0. The van der Waals surface area contributed by atoms with Crippen molar-refractivity contribution < 1.29 is 0 Å². The van der Waals surface area contributed by atoms with Crippen molar-refractivity contribution >= 4 is 38.9 Å². The van der Waals surface area contributed by atoms with Crippen LogP contribution in [0.15, 0.2) is 170 Å². The molecule has 0 fully saturated rings. The highest BCUT2D eigenvalue weighted by Gasteiger charge is 2.20. The maximum Gasteiger partial charge on any atom is 0.240 e. The first-order chi connectivity index (χ1) is 24.3.